The molecule has 0 aromatic heterocycles. The van der Waals surface area contributed by atoms with Crippen molar-refractivity contribution < 1.29 is 24.5 Å². The number of carbonyl (C=O) groups is 2. The van der Waals surface area contributed by atoms with Gasteiger partial charge >= 0.3 is 5.97 Å². The van der Waals surface area contributed by atoms with Gasteiger partial charge in [-0.2, -0.15) is 0 Å². The average molecular weight is 1020 g/mol. The van der Waals surface area contributed by atoms with Crippen molar-refractivity contribution in [1.29, 1.82) is 0 Å². The molecule has 0 aromatic rings. The molecule has 0 aliphatic carbocycles. The van der Waals surface area contributed by atoms with E-state index >= 15 is 0 Å². The molecule has 0 spiro atoms. The number of esters is 1. The Morgan fingerprint density at radius 2 is 0.653 bits per heavy atom. The summed E-state index contributed by atoms with van der Waals surface area (Å²) < 4.78 is 5.50. The fourth-order valence-corrected chi connectivity index (χ4v) is 10.5. The largest absolute Gasteiger partial charge is 0.466 e. The van der Waals surface area contributed by atoms with E-state index < -0.39 is 12.1 Å². The van der Waals surface area contributed by atoms with E-state index in [0.717, 1.165) is 44.9 Å². The molecule has 6 nitrogen and oxygen atoms in total. The highest BCUT2D eigenvalue weighted by Gasteiger charge is 2.20. The fourth-order valence-electron chi connectivity index (χ4n) is 10.5. The summed E-state index contributed by atoms with van der Waals surface area (Å²) in [7, 11) is 0. The summed E-state index contributed by atoms with van der Waals surface area (Å²) in [5.74, 6) is -0.0271. The van der Waals surface area contributed by atoms with Crippen molar-refractivity contribution in [1.82, 2.24) is 5.32 Å². The average Bonchev–Trinajstić information content (AvgIpc) is 3.38. The molecule has 0 radical (unpaired) electrons. The maximum Gasteiger partial charge on any atom is 0.305 e. The lowest BCUT2D eigenvalue weighted by Gasteiger charge is -2.22. The van der Waals surface area contributed by atoms with Crippen LogP contribution in [0, 0.1) is 0 Å². The lowest BCUT2D eigenvalue weighted by molar-refractivity contribution is -0.143. The topological polar surface area (TPSA) is 95.9 Å². The number of hydrogen-bond acceptors (Lipinski definition) is 5. The highest BCUT2D eigenvalue weighted by molar-refractivity contribution is 5.76. The number of ether oxygens (including phenoxy) is 1. The lowest BCUT2D eigenvalue weighted by atomic mass is 10.0. The Hall–Kier alpha value is -1.40. The van der Waals surface area contributed by atoms with Gasteiger partial charge in [-0.15, -0.1) is 0 Å². The number of unbranched alkanes of at least 4 members (excludes halogenated alkanes) is 49. The van der Waals surface area contributed by atoms with E-state index in [1.54, 1.807) is 0 Å². The number of hydrogen-bond donors (Lipinski definition) is 3. The minimum atomic E-state index is -0.667. The molecule has 0 aromatic carbocycles. The van der Waals surface area contributed by atoms with Crippen LogP contribution in [0.3, 0.4) is 0 Å². The van der Waals surface area contributed by atoms with E-state index in [2.05, 4.69) is 31.3 Å². The molecule has 0 saturated heterocycles. The van der Waals surface area contributed by atoms with Gasteiger partial charge in [-0.25, -0.2) is 0 Å². The minimum Gasteiger partial charge on any atom is -0.466 e. The van der Waals surface area contributed by atoms with Crippen LogP contribution in [0.25, 0.3) is 0 Å². The summed E-state index contributed by atoms with van der Waals surface area (Å²) in [5, 5.41) is 23.4. The number of amides is 1. The van der Waals surface area contributed by atoms with E-state index in [0.29, 0.717) is 25.9 Å². The van der Waals surface area contributed by atoms with Crippen molar-refractivity contribution in [2.45, 2.75) is 386 Å². The van der Waals surface area contributed by atoms with Crippen LogP contribution < -0.4 is 5.32 Å². The number of aliphatic hydroxyl groups is 2. The van der Waals surface area contributed by atoms with E-state index in [4.69, 9.17) is 4.74 Å². The Kier molecular flexibility index (Phi) is 60.9. The lowest BCUT2D eigenvalue weighted by Crippen LogP contribution is -2.45. The fraction of sp³-hybridized carbons (Fsp3) is 0.939. The standard InChI is InChI=1S/C66H129NO5/c1-3-5-7-9-11-13-15-17-19-21-23-28-32-36-40-44-48-52-56-60-66(71)72-61-57-53-49-45-41-37-33-29-25-24-27-31-35-39-43-47-51-55-59-65(70)67-63(62-68)64(69)58-54-50-46-42-38-34-30-26-22-20-18-16-14-12-10-8-6-4-2/h17,19,63-64,68-69H,3-16,18,20-62H2,1-2H3,(H,67,70)/b19-17-. The van der Waals surface area contributed by atoms with Crippen LogP contribution in [0.4, 0.5) is 0 Å². The molecule has 0 rings (SSSR count). The summed E-state index contributed by atoms with van der Waals surface area (Å²) in [5.41, 5.74) is 0. The number of allylic oxidation sites excluding steroid dienone is 2. The molecule has 2 unspecified atom stereocenters. The van der Waals surface area contributed by atoms with Crippen molar-refractivity contribution in [2.24, 2.45) is 0 Å². The van der Waals surface area contributed by atoms with E-state index in [-0.39, 0.29) is 18.5 Å². The van der Waals surface area contributed by atoms with E-state index in [1.807, 2.05) is 0 Å². The van der Waals surface area contributed by atoms with Gasteiger partial charge < -0.3 is 20.3 Å². The number of nitrogens with one attached hydrogen (secondary N) is 1. The maximum absolute atomic E-state index is 12.5. The van der Waals surface area contributed by atoms with Gasteiger partial charge in [0.05, 0.1) is 25.4 Å². The van der Waals surface area contributed by atoms with Crippen LogP contribution >= 0.6 is 0 Å². The normalized spacial score (nSPS) is 12.6. The molecular formula is C66H129NO5. The Morgan fingerprint density at radius 1 is 0.375 bits per heavy atom. The first-order chi connectivity index (χ1) is 35.5. The van der Waals surface area contributed by atoms with Crippen LogP contribution in [0.2, 0.25) is 0 Å². The molecule has 428 valence electrons. The zero-order valence-corrected chi connectivity index (χ0v) is 48.9. The van der Waals surface area contributed by atoms with Crippen LogP contribution in [0.5, 0.6) is 0 Å². The molecule has 0 saturated carbocycles. The smallest absolute Gasteiger partial charge is 0.305 e. The molecule has 0 bridgehead atoms. The minimum absolute atomic E-state index is 0.00810. The van der Waals surface area contributed by atoms with E-state index in [1.165, 1.54) is 295 Å². The van der Waals surface area contributed by atoms with Crippen molar-refractivity contribution in [3.05, 3.63) is 12.2 Å². The van der Waals surface area contributed by atoms with Crippen molar-refractivity contribution in [3.8, 4) is 0 Å². The van der Waals surface area contributed by atoms with Gasteiger partial charge in [0.25, 0.3) is 0 Å². The van der Waals surface area contributed by atoms with Gasteiger partial charge in [-0.05, 0) is 51.4 Å². The van der Waals surface area contributed by atoms with Gasteiger partial charge in [0, 0.05) is 12.8 Å². The first kappa shape index (κ1) is 70.6. The molecule has 3 N–H and O–H groups in total. The maximum atomic E-state index is 12.5. The van der Waals surface area contributed by atoms with Crippen molar-refractivity contribution in [3.63, 3.8) is 0 Å². The first-order valence-electron chi connectivity index (χ1n) is 32.9. The van der Waals surface area contributed by atoms with Crippen LogP contribution in [0.1, 0.15) is 373 Å². The second kappa shape index (κ2) is 62.1. The van der Waals surface area contributed by atoms with Crippen molar-refractivity contribution >= 4 is 11.9 Å². The van der Waals surface area contributed by atoms with Gasteiger partial charge in [-0.3, -0.25) is 9.59 Å². The van der Waals surface area contributed by atoms with Crippen molar-refractivity contribution in [2.75, 3.05) is 13.2 Å². The second-order valence-electron chi connectivity index (χ2n) is 22.8. The third-order valence-corrected chi connectivity index (χ3v) is 15.6. The Labute approximate surface area is 450 Å². The number of aliphatic hydroxyl groups excluding tert-OH is 2. The quantitative estimate of drug-likeness (QED) is 0.0320. The van der Waals surface area contributed by atoms with Gasteiger partial charge in [0.15, 0.2) is 0 Å². The van der Waals surface area contributed by atoms with Gasteiger partial charge in [0.1, 0.15) is 0 Å². The molecule has 2 atom stereocenters. The molecule has 0 aliphatic heterocycles. The Balaban J connectivity index is 3.38. The van der Waals surface area contributed by atoms with Crippen LogP contribution in [0.15, 0.2) is 12.2 Å². The molecule has 72 heavy (non-hydrogen) atoms. The predicted molar refractivity (Wildman–Crippen MR) is 315 cm³/mol. The van der Waals surface area contributed by atoms with Gasteiger partial charge in [0.2, 0.25) is 5.91 Å². The summed E-state index contributed by atoms with van der Waals surface area (Å²) in [6.45, 7) is 4.98. The zero-order chi connectivity index (χ0) is 52.2. The van der Waals surface area contributed by atoms with Crippen LogP contribution in [-0.4, -0.2) is 47.4 Å². The Morgan fingerprint density at radius 3 is 0.986 bits per heavy atom. The summed E-state index contributed by atoms with van der Waals surface area (Å²) in [6.07, 6.45) is 75.1. The molecule has 0 heterocycles. The molecule has 0 fully saturated rings. The summed E-state index contributed by atoms with van der Waals surface area (Å²) >= 11 is 0. The van der Waals surface area contributed by atoms with Gasteiger partial charge in [-0.1, -0.05) is 321 Å². The molecule has 1 amide bonds. The zero-order valence-electron chi connectivity index (χ0n) is 48.9. The molecule has 6 heteroatoms. The first-order valence-corrected chi connectivity index (χ1v) is 32.9. The second-order valence-corrected chi connectivity index (χ2v) is 22.8. The summed E-state index contributed by atoms with van der Waals surface area (Å²) in [6, 6.07) is -0.544. The highest BCUT2D eigenvalue weighted by Crippen LogP contribution is 2.19. The highest BCUT2D eigenvalue weighted by atomic mass is 16.5. The summed E-state index contributed by atoms with van der Waals surface area (Å²) in [4.78, 5) is 24.6. The molecular weight excluding hydrogens is 887 g/mol. The third kappa shape index (κ3) is 57.9. The molecule has 0 aliphatic rings. The third-order valence-electron chi connectivity index (χ3n) is 15.6. The number of carbonyl (C=O) groups excluding carboxylic acids is 2. The number of rotatable bonds is 62. The van der Waals surface area contributed by atoms with E-state index in [9.17, 15) is 19.8 Å². The predicted octanol–water partition coefficient (Wildman–Crippen LogP) is 20.8. The Bertz CT molecular complexity index is 1080. The van der Waals surface area contributed by atoms with Crippen LogP contribution in [-0.2, 0) is 14.3 Å². The monoisotopic (exact) mass is 1020 g/mol. The SMILES string of the molecule is CCCCCCCC/C=C\CCCCCCCCCCCC(=O)OCCCCCCCCCCCCCCCCCCCCC(=O)NC(CO)C(O)CCCCCCCCCCCCCCCCCCCC.